The van der Waals surface area contributed by atoms with E-state index in [1.54, 1.807) is 0 Å². The zero-order valence-electron chi connectivity index (χ0n) is 16.6. The van der Waals surface area contributed by atoms with E-state index in [0.717, 1.165) is 34.1 Å². The molecule has 1 aromatic rings. The number of hydrogen-bond donors (Lipinski definition) is 3. The summed E-state index contributed by atoms with van der Waals surface area (Å²) in [6.07, 6.45) is 1.15. The zero-order chi connectivity index (χ0) is 23.4. The van der Waals surface area contributed by atoms with Gasteiger partial charge in [0.05, 0.1) is 7.11 Å². The first kappa shape index (κ1) is 23.6. The van der Waals surface area contributed by atoms with Crippen LogP contribution in [0.3, 0.4) is 0 Å². The number of oxime groups is 1. The van der Waals surface area contributed by atoms with Gasteiger partial charge in [0.2, 0.25) is 0 Å². The van der Waals surface area contributed by atoms with Gasteiger partial charge in [0, 0.05) is 22.1 Å². The Labute approximate surface area is 193 Å². The Bertz CT molecular complexity index is 1050. The van der Waals surface area contributed by atoms with Crippen molar-refractivity contribution in [2.24, 2.45) is 5.16 Å². The number of fused-ring (bicyclic) bond motifs is 1. The summed E-state index contributed by atoms with van der Waals surface area (Å²) >= 11 is 3.39. The summed E-state index contributed by atoms with van der Waals surface area (Å²) in [6.45, 7) is 0. The van der Waals surface area contributed by atoms with Crippen molar-refractivity contribution in [3.63, 3.8) is 0 Å². The number of thiazole rings is 1. The molecule has 1 fully saturated rings. The monoisotopic (exact) mass is 499 g/mol. The van der Waals surface area contributed by atoms with Crippen molar-refractivity contribution in [3.8, 4) is 0 Å². The number of amides is 2. The Morgan fingerprint density at radius 1 is 1.44 bits per heavy atom. The molecule has 0 bridgehead atoms. The number of aromatic nitrogens is 1. The molecule has 3 heterocycles. The highest BCUT2D eigenvalue weighted by molar-refractivity contribution is 8.08. The van der Waals surface area contributed by atoms with Crippen LogP contribution in [0.15, 0.2) is 32.6 Å². The van der Waals surface area contributed by atoms with Crippen molar-refractivity contribution >= 4 is 69.5 Å². The summed E-state index contributed by atoms with van der Waals surface area (Å²) in [5.41, 5.74) is 5.43. The molecule has 1 saturated heterocycles. The van der Waals surface area contributed by atoms with Gasteiger partial charge in [-0.3, -0.25) is 14.5 Å². The number of methoxy groups -OCH3 is 1. The first-order chi connectivity index (χ1) is 15.3. The Hall–Kier alpha value is -3.04. The van der Waals surface area contributed by atoms with Gasteiger partial charge in [0.15, 0.2) is 10.8 Å². The maximum Gasteiger partial charge on any atom is 0.353 e. The van der Waals surface area contributed by atoms with Crippen LogP contribution in [0.5, 0.6) is 0 Å². The van der Waals surface area contributed by atoms with E-state index in [1.165, 1.54) is 36.8 Å². The normalized spacial score (nSPS) is 20.6. The number of nitrogens with one attached hydrogen (secondary N) is 1. The van der Waals surface area contributed by atoms with E-state index in [2.05, 4.69) is 20.2 Å². The summed E-state index contributed by atoms with van der Waals surface area (Å²) in [4.78, 5) is 58.7. The van der Waals surface area contributed by atoms with Crippen molar-refractivity contribution in [2.75, 3.05) is 25.7 Å². The summed E-state index contributed by atoms with van der Waals surface area (Å²) < 4.78 is 4.49. The van der Waals surface area contributed by atoms with Crippen molar-refractivity contribution in [2.45, 2.75) is 11.4 Å². The lowest BCUT2D eigenvalue weighted by Crippen LogP contribution is -2.71. The minimum atomic E-state index is -1.29. The molecule has 0 radical (unpaired) electrons. The van der Waals surface area contributed by atoms with E-state index >= 15 is 0 Å². The minimum absolute atomic E-state index is 0.161. The fourth-order valence-corrected chi connectivity index (χ4v) is 5.68. The molecule has 2 aliphatic heterocycles. The third-order valence-corrected chi connectivity index (χ3v) is 7.23. The first-order valence-electron chi connectivity index (χ1n) is 8.74. The van der Waals surface area contributed by atoms with E-state index in [4.69, 9.17) is 10.6 Å². The number of aliphatic carboxylic acids is 1. The predicted octanol–water partition coefficient (Wildman–Crippen LogP) is 0.192. The van der Waals surface area contributed by atoms with Crippen molar-refractivity contribution in [1.29, 1.82) is 0 Å². The maximum absolute atomic E-state index is 12.7. The fraction of sp³-hybridized carbons (Fsp3) is 0.294. The molecular formula is C17H17N5O7S3. The van der Waals surface area contributed by atoms with Crippen LogP contribution in [0.1, 0.15) is 5.69 Å². The maximum atomic E-state index is 12.7. The van der Waals surface area contributed by atoms with Crippen LogP contribution in [-0.2, 0) is 28.8 Å². The number of carboxylic acids is 1. The number of nitrogen functional groups attached to an aromatic ring is 1. The van der Waals surface area contributed by atoms with Gasteiger partial charge < -0.3 is 25.7 Å². The van der Waals surface area contributed by atoms with Gasteiger partial charge in [-0.1, -0.05) is 16.9 Å². The average molecular weight is 500 g/mol. The van der Waals surface area contributed by atoms with Gasteiger partial charge in [0.1, 0.15) is 29.9 Å². The van der Waals surface area contributed by atoms with Gasteiger partial charge >= 0.3 is 11.9 Å². The second kappa shape index (κ2) is 10.1. The lowest BCUT2D eigenvalue weighted by Gasteiger charge is -2.49. The van der Waals surface area contributed by atoms with Gasteiger partial charge in [-0.05, 0) is 5.41 Å². The van der Waals surface area contributed by atoms with Crippen LogP contribution in [-0.4, -0.2) is 75.8 Å². The number of rotatable bonds is 8. The van der Waals surface area contributed by atoms with Crippen LogP contribution >= 0.6 is 34.9 Å². The third kappa shape index (κ3) is 4.73. The van der Waals surface area contributed by atoms with E-state index in [0.29, 0.717) is 4.91 Å². The number of carboxylic acid groups (broad SMARTS) is 1. The highest BCUT2D eigenvalue weighted by Crippen LogP contribution is 2.43. The summed E-state index contributed by atoms with van der Waals surface area (Å²) in [5, 5.41) is 18.4. The fourth-order valence-electron chi connectivity index (χ4n) is 2.82. The molecule has 2 aliphatic rings. The molecule has 4 N–H and O–H groups in total. The highest BCUT2D eigenvalue weighted by Gasteiger charge is 2.54. The second-order valence-corrected chi connectivity index (χ2v) is 9.07. The Morgan fingerprint density at radius 2 is 2.19 bits per heavy atom. The van der Waals surface area contributed by atoms with Gasteiger partial charge in [-0.2, -0.15) is 0 Å². The molecule has 0 aliphatic carbocycles. The van der Waals surface area contributed by atoms with Crippen LogP contribution < -0.4 is 11.1 Å². The number of esters is 1. The SMILES string of the molecule is CO/N=C(/C(=O)N[C@@H]1C(=O)N2C(C(=O)O)=C(S/C=C\C(=O)OC)CS[C@H]12)c1csc(N)n1. The summed E-state index contributed by atoms with van der Waals surface area (Å²) in [6, 6.07) is -0.961. The molecule has 2 amide bonds. The standard InChI is InChI=1S/C17H17N5O7S3/c1-28-9(23)3-4-30-8-6-31-15-11(14(25)22(15)12(8)16(26)27)20-13(24)10(21-29-2)7-5-32-17(18)19-7/h3-5,11,15H,6H2,1-2H3,(H2,18,19)(H,20,24)(H,26,27)/b4-3-,21-10+/t11-,15-/m1/s1. The average Bonchev–Trinajstić information content (AvgIpc) is 3.20. The van der Waals surface area contributed by atoms with Crippen LogP contribution in [0.4, 0.5) is 5.13 Å². The molecular weight excluding hydrogens is 482 g/mol. The quantitative estimate of drug-likeness (QED) is 0.146. The largest absolute Gasteiger partial charge is 0.477 e. The number of hydrogen-bond acceptors (Lipinski definition) is 12. The molecule has 15 heteroatoms. The number of carbonyl (C=O) groups is 4. The van der Waals surface area contributed by atoms with Crippen LogP contribution in [0, 0.1) is 0 Å². The molecule has 32 heavy (non-hydrogen) atoms. The lowest BCUT2D eigenvalue weighted by atomic mass is 10.0. The minimum Gasteiger partial charge on any atom is -0.477 e. The zero-order valence-corrected chi connectivity index (χ0v) is 19.1. The molecule has 2 atom stereocenters. The number of nitrogens with two attached hydrogens (primary N) is 1. The lowest BCUT2D eigenvalue weighted by molar-refractivity contribution is -0.150. The molecule has 0 aromatic carbocycles. The molecule has 12 nitrogen and oxygen atoms in total. The number of anilines is 1. The smallest absolute Gasteiger partial charge is 0.353 e. The van der Waals surface area contributed by atoms with E-state index in [1.807, 2.05) is 0 Å². The van der Waals surface area contributed by atoms with Crippen LogP contribution in [0.2, 0.25) is 0 Å². The van der Waals surface area contributed by atoms with Gasteiger partial charge in [-0.15, -0.1) is 23.1 Å². The topological polar surface area (TPSA) is 174 Å². The Morgan fingerprint density at radius 3 is 2.78 bits per heavy atom. The highest BCUT2D eigenvalue weighted by atomic mass is 32.2. The Kier molecular flexibility index (Phi) is 7.42. The molecule has 0 unspecified atom stereocenters. The van der Waals surface area contributed by atoms with Crippen molar-refractivity contribution < 1.29 is 33.9 Å². The Balaban J connectivity index is 1.76. The predicted molar refractivity (Wildman–Crippen MR) is 119 cm³/mol. The van der Waals surface area contributed by atoms with E-state index < -0.39 is 35.2 Å². The van der Waals surface area contributed by atoms with E-state index in [9.17, 15) is 24.3 Å². The summed E-state index contributed by atoms with van der Waals surface area (Å²) in [5.74, 6) is -2.91. The molecule has 0 spiro atoms. The third-order valence-electron chi connectivity index (χ3n) is 4.20. The van der Waals surface area contributed by atoms with Gasteiger partial charge in [0.25, 0.3) is 11.8 Å². The molecule has 0 saturated carbocycles. The van der Waals surface area contributed by atoms with Crippen molar-refractivity contribution in [3.05, 3.63) is 33.2 Å². The molecule has 170 valence electrons. The molecule has 1 aromatic heterocycles. The number of thioether (sulfide) groups is 2. The van der Waals surface area contributed by atoms with E-state index in [-0.39, 0.29) is 28.0 Å². The number of nitrogens with zero attached hydrogens (tertiary/aromatic N) is 3. The second-order valence-electron chi connectivity index (χ2n) is 6.08. The first-order valence-corrected chi connectivity index (χ1v) is 11.5. The van der Waals surface area contributed by atoms with Gasteiger partial charge in [-0.25, -0.2) is 14.6 Å². The number of β-lactam (4-membered cyclic amide) rings is 1. The summed E-state index contributed by atoms with van der Waals surface area (Å²) in [7, 11) is 2.48. The molecule has 3 rings (SSSR count). The number of carbonyl (C=O) groups excluding carboxylic acids is 3. The van der Waals surface area contributed by atoms with Crippen LogP contribution in [0.25, 0.3) is 0 Å². The number of ether oxygens (including phenoxy) is 1. The van der Waals surface area contributed by atoms with Crippen molar-refractivity contribution in [1.82, 2.24) is 15.2 Å².